The minimum atomic E-state index is -3.92. The number of nitrogens with one attached hydrogen (secondary N) is 1. The predicted octanol–water partition coefficient (Wildman–Crippen LogP) is 2.11. The third-order valence-electron chi connectivity index (χ3n) is 4.49. The number of aromatic carboxylic acids is 1. The lowest BCUT2D eigenvalue weighted by atomic mass is 10.0. The number of rotatable bonds is 5. The molecule has 0 saturated carbocycles. The highest BCUT2D eigenvalue weighted by Gasteiger charge is 2.28. The highest BCUT2D eigenvalue weighted by Crippen LogP contribution is 2.18. The van der Waals surface area contributed by atoms with Crippen LogP contribution < -0.4 is 4.72 Å². The summed E-state index contributed by atoms with van der Waals surface area (Å²) in [6, 6.07) is 9.89. The van der Waals surface area contributed by atoms with Crippen molar-refractivity contribution >= 4 is 21.9 Å². The molecule has 148 valence electrons. The molecule has 0 aromatic heterocycles. The number of hydrogen-bond donors (Lipinski definition) is 2. The summed E-state index contributed by atoms with van der Waals surface area (Å²) in [4.78, 5) is 25.1. The molecule has 1 heterocycles. The van der Waals surface area contributed by atoms with E-state index in [-0.39, 0.29) is 28.5 Å². The number of carbonyl (C=O) groups excluding carboxylic acids is 1. The summed E-state index contributed by atoms with van der Waals surface area (Å²) < 4.78 is 40.8. The molecule has 1 aliphatic heterocycles. The molecule has 1 saturated heterocycles. The van der Waals surface area contributed by atoms with Crippen LogP contribution in [0.15, 0.2) is 53.4 Å². The van der Waals surface area contributed by atoms with E-state index in [9.17, 15) is 22.4 Å². The van der Waals surface area contributed by atoms with Gasteiger partial charge in [0.2, 0.25) is 10.0 Å². The Bertz CT molecular complexity index is 1010. The van der Waals surface area contributed by atoms with Gasteiger partial charge in [0, 0.05) is 24.7 Å². The first kappa shape index (κ1) is 20.0. The number of carbonyl (C=O) groups is 2. The summed E-state index contributed by atoms with van der Waals surface area (Å²) in [5, 5.41) is 9.07. The molecule has 28 heavy (non-hydrogen) atoms. The van der Waals surface area contributed by atoms with E-state index in [0.29, 0.717) is 19.4 Å². The molecule has 7 nitrogen and oxygen atoms in total. The molecule has 1 atom stereocenters. The summed E-state index contributed by atoms with van der Waals surface area (Å²) >= 11 is 0. The first-order chi connectivity index (χ1) is 13.3. The van der Waals surface area contributed by atoms with Crippen molar-refractivity contribution in [3.05, 3.63) is 65.5 Å². The average Bonchev–Trinajstić information content (AvgIpc) is 2.67. The largest absolute Gasteiger partial charge is 0.478 e. The maximum absolute atomic E-state index is 13.3. The van der Waals surface area contributed by atoms with Crippen molar-refractivity contribution in [2.75, 3.05) is 13.1 Å². The van der Waals surface area contributed by atoms with Crippen LogP contribution in [-0.2, 0) is 10.0 Å². The van der Waals surface area contributed by atoms with Crippen LogP contribution in [-0.4, -0.2) is 49.4 Å². The second-order valence-electron chi connectivity index (χ2n) is 6.55. The van der Waals surface area contributed by atoms with E-state index in [1.807, 2.05) is 0 Å². The van der Waals surface area contributed by atoms with Crippen LogP contribution in [0.25, 0.3) is 0 Å². The fourth-order valence-corrected chi connectivity index (χ4v) is 4.44. The number of amides is 1. The molecule has 1 fully saturated rings. The lowest BCUT2D eigenvalue weighted by Crippen LogP contribution is -2.49. The molecular weight excluding hydrogens is 387 g/mol. The third-order valence-corrected chi connectivity index (χ3v) is 6.01. The molecule has 2 N–H and O–H groups in total. The van der Waals surface area contributed by atoms with Crippen LogP contribution in [0, 0.1) is 5.82 Å². The van der Waals surface area contributed by atoms with Gasteiger partial charge in [-0.15, -0.1) is 0 Å². The molecule has 0 bridgehead atoms. The molecule has 0 unspecified atom stereocenters. The highest BCUT2D eigenvalue weighted by molar-refractivity contribution is 7.89. The van der Waals surface area contributed by atoms with Crippen molar-refractivity contribution in [3.8, 4) is 0 Å². The summed E-state index contributed by atoms with van der Waals surface area (Å²) in [7, 11) is -3.92. The van der Waals surface area contributed by atoms with Crippen molar-refractivity contribution in [2.24, 2.45) is 0 Å². The Labute approximate surface area is 161 Å². The average molecular weight is 406 g/mol. The van der Waals surface area contributed by atoms with Crippen LogP contribution in [0.2, 0.25) is 0 Å². The second kappa shape index (κ2) is 8.07. The summed E-state index contributed by atoms with van der Waals surface area (Å²) in [5.74, 6) is -2.14. The zero-order valence-corrected chi connectivity index (χ0v) is 15.7. The van der Waals surface area contributed by atoms with E-state index in [1.165, 1.54) is 41.3 Å². The lowest BCUT2D eigenvalue weighted by Gasteiger charge is -2.33. The number of sulfonamides is 1. The minimum absolute atomic E-state index is 0.00576. The van der Waals surface area contributed by atoms with Crippen molar-refractivity contribution < 1.29 is 27.5 Å². The van der Waals surface area contributed by atoms with Crippen LogP contribution >= 0.6 is 0 Å². The number of halogens is 1. The molecule has 3 rings (SSSR count). The van der Waals surface area contributed by atoms with Gasteiger partial charge in [-0.1, -0.05) is 12.1 Å². The monoisotopic (exact) mass is 406 g/mol. The van der Waals surface area contributed by atoms with E-state index in [0.717, 1.165) is 12.1 Å². The summed E-state index contributed by atoms with van der Waals surface area (Å²) in [5.41, 5.74) is 0.236. The highest BCUT2D eigenvalue weighted by atomic mass is 32.2. The number of benzene rings is 2. The molecule has 0 radical (unpaired) electrons. The smallest absolute Gasteiger partial charge is 0.335 e. The number of piperidine rings is 1. The first-order valence-corrected chi connectivity index (χ1v) is 10.1. The Morgan fingerprint density at radius 2 is 1.82 bits per heavy atom. The number of likely N-dealkylation sites (tertiary alicyclic amines) is 1. The standard InChI is InChI=1S/C19H19FN2O5S/c20-15-6-2-8-17(11-15)28(26,27)21-16-7-3-9-22(12-16)18(23)13-4-1-5-14(10-13)19(24)25/h1-2,4-6,8,10-11,16,21H,3,7,9,12H2,(H,24,25)/t16-/m0/s1. The Balaban J connectivity index is 1.72. The number of carboxylic acids is 1. The Hall–Kier alpha value is -2.78. The second-order valence-corrected chi connectivity index (χ2v) is 8.27. The van der Waals surface area contributed by atoms with E-state index in [1.54, 1.807) is 0 Å². The van der Waals surface area contributed by atoms with Gasteiger partial charge in [-0.2, -0.15) is 0 Å². The molecule has 2 aromatic carbocycles. The van der Waals surface area contributed by atoms with Gasteiger partial charge in [-0.25, -0.2) is 22.3 Å². The Kier molecular flexibility index (Phi) is 5.76. The fraction of sp³-hybridized carbons (Fsp3) is 0.263. The fourth-order valence-electron chi connectivity index (χ4n) is 3.15. The number of carboxylic acid groups (broad SMARTS) is 1. The van der Waals surface area contributed by atoms with Gasteiger partial charge >= 0.3 is 5.97 Å². The Morgan fingerprint density at radius 3 is 2.54 bits per heavy atom. The van der Waals surface area contributed by atoms with Gasteiger partial charge in [0.25, 0.3) is 5.91 Å². The molecule has 2 aromatic rings. The lowest BCUT2D eigenvalue weighted by molar-refractivity contribution is 0.0696. The number of hydrogen-bond acceptors (Lipinski definition) is 4. The van der Waals surface area contributed by atoms with Crippen LogP contribution in [0.4, 0.5) is 4.39 Å². The number of nitrogens with zero attached hydrogens (tertiary/aromatic N) is 1. The van der Waals surface area contributed by atoms with Gasteiger partial charge in [0.15, 0.2) is 0 Å². The van der Waals surface area contributed by atoms with Crippen LogP contribution in [0.5, 0.6) is 0 Å². The zero-order chi connectivity index (χ0) is 20.3. The summed E-state index contributed by atoms with van der Waals surface area (Å²) in [6.07, 6.45) is 1.12. The van der Waals surface area contributed by atoms with Crippen molar-refractivity contribution in [2.45, 2.75) is 23.8 Å². The molecule has 0 spiro atoms. The van der Waals surface area contributed by atoms with Crippen molar-refractivity contribution in [1.29, 1.82) is 0 Å². The maximum atomic E-state index is 13.3. The van der Waals surface area contributed by atoms with Crippen LogP contribution in [0.3, 0.4) is 0 Å². The van der Waals surface area contributed by atoms with E-state index in [4.69, 9.17) is 5.11 Å². The van der Waals surface area contributed by atoms with Gasteiger partial charge in [-0.3, -0.25) is 4.79 Å². The predicted molar refractivity (Wildman–Crippen MR) is 99.0 cm³/mol. The molecule has 0 aliphatic carbocycles. The van der Waals surface area contributed by atoms with E-state index in [2.05, 4.69) is 4.72 Å². The SMILES string of the molecule is O=C(O)c1cccc(C(=O)N2CCC[C@H](NS(=O)(=O)c3cccc(F)c3)C2)c1. The minimum Gasteiger partial charge on any atom is -0.478 e. The molecular formula is C19H19FN2O5S. The third kappa shape index (κ3) is 4.55. The van der Waals surface area contributed by atoms with Crippen molar-refractivity contribution in [1.82, 2.24) is 9.62 Å². The van der Waals surface area contributed by atoms with Crippen molar-refractivity contribution in [3.63, 3.8) is 0 Å². The molecule has 1 aliphatic rings. The quantitative estimate of drug-likeness (QED) is 0.792. The van der Waals surface area contributed by atoms with Crippen LogP contribution in [0.1, 0.15) is 33.6 Å². The van der Waals surface area contributed by atoms with E-state index < -0.39 is 27.9 Å². The van der Waals surface area contributed by atoms with Gasteiger partial charge in [0.1, 0.15) is 5.82 Å². The van der Waals surface area contributed by atoms with Gasteiger partial charge in [0.05, 0.1) is 10.5 Å². The first-order valence-electron chi connectivity index (χ1n) is 8.67. The van der Waals surface area contributed by atoms with Gasteiger partial charge < -0.3 is 10.0 Å². The van der Waals surface area contributed by atoms with E-state index >= 15 is 0 Å². The maximum Gasteiger partial charge on any atom is 0.335 e. The molecule has 9 heteroatoms. The normalized spacial score (nSPS) is 17.3. The summed E-state index contributed by atoms with van der Waals surface area (Å²) in [6.45, 7) is 0.582. The molecule has 1 amide bonds. The Morgan fingerprint density at radius 1 is 1.11 bits per heavy atom. The zero-order valence-electron chi connectivity index (χ0n) is 14.8. The van der Waals surface area contributed by atoms with Gasteiger partial charge in [-0.05, 0) is 49.2 Å². The topological polar surface area (TPSA) is 104 Å².